The van der Waals surface area contributed by atoms with Gasteiger partial charge in [0.15, 0.2) is 0 Å². The van der Waals surface area contributed by atoms with Gasteiger partial charge in [0.1, 0.15) is 4.90 Å². The number of halogens is 2. The van der Waals surface area contributed by atoms with Crippen molar-refractivity contribution in [2.45, 2.75) is 24.3 Å². The van der Waals surface area contributed by atoms with E-state index in [0.29, 0.717) is 12.2 Å². The zero-order valence-electron chi connectivity index (χ0n) is 11.0. The van der Waals surface area contributed by atoms with E-state index in [2.05, 4.69) is 4.72 Å². The summed E-state index contributed by atoms with van der Waals surface area (Å²) in [6.45, 7) is 1.68. The van der Waals surface area contributed by atoms with Crippen molar-refractivity contribution in [1.82, 2.24) is 4.72 Å². The van der Waals surface area contributed by atoms with Gasteiger partial charge in [-0.1, -0.05) is 23.2 Å². The highest BCUT2D eigenvalue weighted by atomic mass is 35.5. The molecule has 5 nitrogen and oxygen atoms in total. The first kappa shape index (κ1) is 17.7. The molecule has 9 heteroatoms. The van der Waals surface area contributed by atoms with Crippen molar-refractivity contribution in [3.8, 4) is 0 Å². The third kappa shape index (κ3) is 4.89. The second-order valence-corrected chi connectivity index (χ2v) is 8.44. The number of rotatable bonds is 6. The largest absolute Gasteiger partial charge is 0.398 e. The highest BCUT2D eigenvalue weighted by Gasteiger charge is 2.23. The van der Waals surface area contributed by atoms with Gasteiger partial charge < -0.3 is 5.73 Å². The van der Waals surface area contributed by atoms with E-state index >= 15 is 0 Å². The molecule has 2 unspecified atom stereocenters. The third-order valence-corrected chi connectivity index (χ3v) is 5.65. The molecule has 1 aromatic rings. The Balaban J connectivity index is 2.97. The summed E-state index contributed by atoms with van der Waals surface area (Å²) in [5.41, 5.74) is 5.66. The predicted molar refractivity (Wildman–Crippen MR) is 84.2 cm³/mol. The van der Waals surface area contributed by atoms with Crippen molar-refractivity contribution in [2.24, 2.45) is 0 Å². The lowest BCUT2D eigenvalue weighted by Crippen LogP contribution is -2.34. The van der Waals surface area contributed by atoms with Crippen LogP contribution < -0.4 is 10.5 Å². The molecule has 3 N–H and O–H groups in total. The first-order valence-electron chi connectivity index (χ1n) is 5.70. The fraction of sp³-hybridized carbons (Fsp3) is 0.455. The van der Waals surface area contributed by atoms with Crippen molar-refractivity contribution in [3.05, 3.63) is 22.2 Å². The fourth-order valence-corrected chi connectivity index (χ4v) is 4.54. The molecular weight excluding hydrogens is 343 g/mol. The van der Waals surface area contributed by atoms with Gasteiger partial charge in [0.05, 0.1) is 10.7 Å². The SMILES string of the molecule is CC(CCS(C)=O)NS(=O)(=O)c1c(N)cc(Cl)cc1Cl. The molecular formula is C11H16Cl2N2O3S2. The highest BCUT2D eigenvalue weighted by Crippen LogP contribution is 2.31. The Hall–Kier alpha value is -0.340. The minimum atomic E-state index is -3.85. The van der Waals surface area contributed by atoms with Crippen molar-refractivity contribution in [2.75, 3.05) is 17.7 Å². The molecule has 0 aliphatic heterocycles. The average molecular weight is 359 g/mol. The summed E-state index contributed by atoms with van der Waals surface area (Å²) in [5.74, 6) is 0.410. The van der Waals surface area contributed by atoms with Crippen LogP contribution in [0.2, 0.25) is 10.0 Å². The number of nitrogen functional groups attached to an aromatic ring is 1. The molecule has 1 aromatic carbocycles. The molecule has 0 fully saturated rings. The third-order valence-electron chi connectivity index (χ3n) is 2.50. The molecule has 0 spiro atoms. The number of nitrogens with two attached hydrogens (primary N) is 1. The lowest BCUT2D eigenvalue weighted by atomic mass is 10.3. The Bertz CT molecular complexity index is 597. The van der Waals surface area contributed by atoms with Gasteiger partial charge >= 0.3 is 0 Å². The number of sulfonamides is 1. The van der Waals surface area contributed by atoms with E-state index in [0.717, 1.165) is 0 Å². The monoisotopic (exact) mass is 358 g/mol. The van der Waals surface area contributed by atoms with Crippen LogP contribution in [0.3, 0.4) is 0 Å². The van der Waals surface area contributed by atoms with Gasteiger partial charge in [0.2, 0.25) is 10.0 Å². The quantitative estimate of drug-likeness (QED) is 0.761. The normalized spacial score (nSPS) is 15.0. The van der Waals surface area contributed by atoms with Crippen LogP contribution in [-0.2, 0) is 20.8 Å². The Morgan fingerprint density at radius 2 is 2.00 bits per heavy atom. The minimum Gasteiger partial charge on any atom is -0.398 e. The number of hydrogen-bond donors (Lipinski definition) is 2. The zero-order chi connectivity index (χ0) is 15.5. The first-order valence-corrected chi connectivity index (χ1v) is 9.67. The molecule has 0 aliphatic rings. The van der Waals surface area contributed by atoms with Crippen molar-refractivity contribution in [3.63, 3.8) is 0 Å². The number of hydrogen-bond acceptors (Lipinski definition) is 4. The van der Waals surface area contributed by atoms with Gasteiger partial charge in [-0.15, -0.1) is 0 Å². The van der Waals surface area contributed by atoms with E-state index in [1.54, 1.807) is 13.2 Å². The second-order valence-electron chi connectivity index (χ2n) is 4.39. The summed E-state index contributed by atoms with van der Waals surface area (Å²) in [6, 6.07) is 2.27. The van der Waals surface area contributed by atoms with Crippen LogP contribution in [0.4, 0.5) is 5.69 Å². The maximum atomic E-state index is 12.2. The molecule has 1 rings (SSSR count). The van der Waals surface area contributed by atoms with Crippen LogP contribution in [-0.4, -0.2) is 30.7 Å². The average Bonchev–Trinajstić information content (AvgIpc) is 2.23. The lowest BCUT2D eigenvalue weighted by Gasteiger charge is -2.16. The van der Waals surface area contributed by atoms with E-state index in [1.165, 1.54) is 12.1 Å². The Labute approximate surface area is 131 Å². The molecule has 0 radical (unpaired) electrons. The van der Waals surface area contributed by atoms with E-state index < -0.39 is 20.8 Å². The second kappa shape index (κ2) is 7.09. The summed E-state index contributed by atoms with van der Waals surface area (Å²) < 4.78 is 38.0. The van der Waals surface area contributed by atoms with Gasteiger partial charge in [-0.3, -0.25) is 4.21 Å². The van der Waals surface area contributed by atoms with Crippen molar-refractivity contribution in [1.29, 1.82) is 0 Å². The fourth-order valence-electron chi connectivity index (χ4n) is 1.59. The van der Waals surface area contributed by atoms with E-state index in [-0.39, 0.29) is 26.7 Å². The summed E-state index contributed by atoms with van der Waals surface area (Å²) in [6.07, 6.45) is 2.02. The lowest BCUT2D eigenvalue weighted by molar-refractivity contribution is 0.556. The molecule has 0 aromatic heterocycles. The first-order chi connectivity index (χ1) is 9.13. The summed E-state index contributed by atoms with van der Waals surface area (Å²) >= 11 is 11.6. The van der Waals surface area contributed by atoms with Gasteiger partial charge in [-0.2, -0.15) is 0 Å². The number of nitrogens with one attached hydrogen (secondary N) is 1. The molecule has 2 atom stereocenters. The van der Waals surface area contributed by atoms with E-state index in [4.69, 9.17) is 28.9 Å². The van der Waals surface area contributed by atoms with Crippen LogP contribution >= 0.6 is 23.2 Å². The molecule has 0 aliphatic carbocycles. The predicted octanol–water partition coefficient (Wildman–Crippen LogP) is 2.01. The Kier molecular flexibility index (Phi) is 6.27. The highest BCUT2D eigenvalue weighted by molar-refractivity contribution is 7.89. The van der Waals surface area contributed by atoms with Crippen LogP contribution in [0.1, 0.15) is 13.3 Å². The molecule has 0 bridgehead atoms. The van der Waals surface area contributed by atoms with Crippen LogP contribution in [0.5, 0.6) is 0 Å². The van der Waals surface area contributed by atoms with E-state index in [1.807, 2.05) is 0 Å². The Morgan fingerprint density at radius 1 is 1.40 bits per heavy atom. The van der Waals surface area contributed by atoms with Gasteiger partial charge in [0, 0.05) is 33.9 Å². The molecule has 0 saturated carbocycles. The summed E-state index contributed by atoms with van der Waals surface area (Å²) in [7, 11) is -4.82. The smallest absolute Gasteiger partial charge is 0.244 e. The van der Waals surface area contributed by atoms with Gasteiger partial charge in [-0.05, 0) is 25.5 Å². The summed E-state index contributed by atoms with van der Waals surface area (Å²) in [5, 5.41) is 0.231. The molecule has 0 heterocycles. The van der Waals surface area contributed by atoms with Gasteiger partial charge in [-0.25, -0.2) is 13.1 Å². The minimum absolute atomic E-state index is 0.0127. The van der Waals surface area contributed by atoms with Crippen LogP contribution in [0.25, 0.3) is 0 Å². The summed E-state index contributed by atoms with van der Waals surface area (Å²) in [4.78, 5) is -0.187. The Morgan fingerprint density at radius 3 is 2.50 bits per heavy atom. The topological polar surface area (TPSA) is 89.3 Å². The van der Waals surface area contributed by atoms with Gasteiger partial charge in [0.25, 0.3) is 0 Å². The van der Waals surface area contributed by atoms with Crippen molar-refractivity contribution >= 4 is 49.7 Å². The number of anilines is 1. The molecule has 20 heavy (non-hydrogen) atoms. The number of benzene rings is 1. The van der Waals surface area contributed by atoms with Crippen LogP contribution in [0.15, 0.2) is 17.0 Å². The van der Waals surface area contributed by atoms with E-state index in [9.17, 15) is 12.6 Å². The van der Waals surface area contributed by atoms with Crippen LogP contribution in [0, 0.1) is 0 Å². The molecule has 0 amide bonds. The standard InChI is InChI=1S/C11H16Cl2N2O3S2/c1-7(3-4-19(2)16)15-20(17,18)11-9(13)5-8(12)6-10(11)14/h5-7,15H,3-4,14H2,1-2H3. The maximum absolute atomic E-state index is 12.2. The zero-order valence-corrected chi connectivity index (χ0v) is 14.2. The van der Waals surface area contributed by atoms with Crippen molar-refractivity contribution < 1.29 is 12.6 Å². The molecule has 0 saturated heterocycles. The molecule has 114 valence electrons. The maximum Gasteiger partial charge on any atom is 0.244 e.